The quantitative estimate of drug-likeness (QED) is 0.231. The van der Waals surface area contributed by atoms with Gasteiger partial charge in [0.25, 0.3) is 0 Å². The van der Waals surface area contributed by atoms with Gasteiger partial charge in [-0.2, -0.15) is 0 Å². The maximum absolute atomic E-state index is 10.1. The van der Waals surface area contributed by atoms with Gasteiger partial charge < -0.3 is 8.74 Å². The highest BCUT2D eigenvalue weighted by atomic mass is 32.2. The van der Waals surface area contributed by atoms with Crippen LogP contribution in [0.2, 0.25) is 0 Å². The topological polar surface area (TPSA) is 49.4 Å². The van der Waals surface area contributed by atoms with Crippen molar-refractivity contribution in [2.75, 3.05) is 0 Å². The van der Waals surface area contributed by atoms with Gasteiger partial charge in [0.1, 0.15) is 11.4 Å². The largest absolute Gasteiger partial charge is 0.740 e. The van der Waals surface area contributed by atoms with Gasteiger partial charge in [0, 0.05) is 0 Å². The molecule has 0 saturated carbocycles. The van der Waals surface area contributed by atoms with Gasteiger partial charge in [0.05, 0.1) is 6.26 Å². The Bertz CT molecular complexity index is 242. The SMILES string of the molecule is CCCCCCCCCCCCCCC=COS(=O)[O-]. The molecular formula is C16H31O3S-. The van der Waals surface area contributed by atoms with Gasteiger partial charge in [-0.3, -0.25) is 0 Å². The van der Waals surface area contributed by atoms with Crippen molar-refractivity contribution in [1.82, 2.24) is 0 Å². The fourth-order valence-electron chi connectivity index (χ4n) is 2.26. The van der Waals surface area contributed by atoms with Gasteiger partial charge >= 0.3 is 0 Å². The Morgan fingerprint density at radius 2 is 1.30 bits per heavy atom. The minimum Gasteiger partial charge on any atom is -0.740 e. The highest BCUT2D eigenvalue weighted by Crippen LogP contribution is 2.12. The predicted octanol–water partition coefficient (Wildman–Crippen LogP) is 5.40. The molecule has 0 radical (unpaired) electrons. The van der Waals surface area contributed by atoms with Crippen molar-refractivity contribution in [1.29, 1.82) is 0 Å². The van der Waals surface area contributed by atoms with E-state index < -0.39 is 11.4 Å². The molecule has 0 aliphatic carbocycles. The molecule has 0 spiro atoms. The van der Waals surface area contributed by atoms with E-state index in [-0.39, 0.29) is 0 Å². The van der Waals surface area contributed by atoms with Crippen molar-refractivity contribution in [3.05, 3.63) is 12.3 Å². The van der Waals surface area contributed by atoms with Crippen LogP contribution in [0.1, 0.15) is 90.4 Å². The van der Waals surface area contributed by atoms with Gasteiger partial charge in [0.15, 0.2) is 0 Å². The van der Waals surface area contributed by atoms with E-state index in [1.54, 1.807) is 6.08 Å². The highest BCUT2D eigenvalue weighted by Gasteiger charge is 1.92. The summed E-state index contributed by atoms with van der Waals surface area (Å²) in [7, 11) is 0. The van der Waals surface area contributed by atoms with Crippen LogP contribution < -0.4 is 0 Å². The van der Waals surface area contributed by atoms with E-state index in [1.807, 2.05) is 0 Å². The fraction of sp³-hybridized carbons (Fsp3) is 0.875. The lowest BCUT2D eigenvalue weighted by Crippen LogP contribution is -1.86. The first-order valence-electron chi connectivity index (χ1n) is 8.18. The minimum atomic E-state index is -2.42. The molecule has 0 aromatic heterocycles. The average molecular weight is 303 g/mol. The first kappa shape index (κ1) is 19.7. The number of allylic oxidation sites excluding steroid dienone is 1. The number of rotatable bonds is 15. The second-order valence-electron chi connectivity index (χ2n) is 5.35. The molecule has 0 aliphatic rings. The molecule has 3 nitrogen and oxygen atoms in total. The Labute approximate surface area is 127 Å². The first-order valence-corrected chi connectivity index (χ1v) is 9.18. The van der Waals surface area contributed by atoms with Gasteiger partial charge in [0.2, 0.25) is 0 Å². The van der Waals surface area contributed by atoms with Crippen LogP contribution >= 0.6 is 0 Å². The summed E-state index contributed by atoms with van der Waals surface area (Å²) in [5.74, 6) is 0. The third kappa shape index (κ3) is 17.6. The highest BCUT2D eigenvalue weighted by molar-refractivity contribution is 7.74. The molecule has 0 aliphatic heterocycles. The van der Waals surface area contributed by atoms with E-state index in [1.165, 1.54) is 76.9 Å². The van der Waals surface area contributed by atoms with E-state index in [0.717, 1.165) is 12.8 Å². The molecule has 120 valence electrons. The third-order valence-corrected chi connectivity index (χ3v) is 3.72. The van der Waals surface area contributed by atoms with Crippen LogP contribution in [0.25, 0.3) is 0 Å². The predicted molar refractivity (Wildman–Crippen MR) is 84.8 cm³/mol. The molecule has 0 N–H and O–H groups in total. The lowest BCUT2D eigenvalue weighted by atomic mass is 10.0. The summed E-state index contributed by atoms with van der Waals surface area (Å²) in [4.78, 5) is 0. The molecule has 0 aromatic rings. The molecule has 0 saturated heterocycles. The second kappa shape index (κ2) is 16.7. The van der Waals surface area contributed by atoms with Gasteiger partial charge in [-0.15, -0.1) is 0 Å². The summed E-state index contributed by atoms with van der Waals surface area (Å²) in [6, 6.07) is 0. The maximum atomic E-state index is 10.1. The summed E-state index contributed by atoms with van der Waals surface area (Å²) < 4.78 is 24.4. The minimum absolute atomic E-state index is 0.897. The van der Waals surface area contributed by atoms with Crippen molar-refractivity contribution >= 4 is 11.4 Å². The van der Waals surface area contributed by atoms with Crippen LogP contribution in [-0.4, -0.2) is 8.76 Å². The van der Waals surface area contributed by atoms with E-state index in [0.29, 0.717) is 0 Å². The van der Waals surface area contributed by atoms with Gasteiger partial charge in [-0.25, -0.2) is 4.21 Å². The van der Waals surface area contributed by atoms with Crippen LogP contribution in [0, 0.1) is 0 Å². The molecule has 1 atom stereocenters. The zero-order chi connectivity index (χ0) is 14.9. The molecule has 0 aromatic carbocycles. The molecular weight excluding hydrogens is 272 g/mol. The monoisotopic (exact) mass is 303 g/mol. The van der Waals surface area contributed by atoms with Crippen LogP contribution in [-0.2, 0) is 15.5 Å². The summed E-state index contributed by atoms with van der Waals surface area (Å²) in [6.07, 6.45) is 20.0. The van der Waals surface area contributed by atoms with E-state index in [4.69, 9.17) is 0 Å². The Hall–Kier alpha value is -0.350. The molecule has 0 rings (SSSR count). The lowest BCUT2D eigenvalue weighted by molar-refractivity contribution is 0.404. The van der Waals surface area contributed by atoms with Crippen molar-refractivity contribution in [3.8, 4) is 0 Å². The Balaban J connectivity index is 3.02. The lowest BCUT2D eigenvalue weighted by Gasteiger charge is -2.02. The first-order chi connectivity index (χ1) is 9.77. The van der Waals surface area contributed by atoms with E-state index in [2.05, 4.69) is 11.1 Å². The molecule has 0 heterocycles. The Morgan fingerprint density at radius 1 is 0.850 bits per heavy atom. The molecule has 20 heavy (non-hydrogen) atoms. The van der Waals surface area contributed by atoms with E-state index in [9.17, 15) is 8.76 Å². The fourth-order valence-corrected chi connectivity index (χ4v) is 2.43. The Kier molecular flexibility index (Phi) is 16.4. The molecule has 0 fully saturated rings. The van der Waals surface area contributed by atoms with Gasteiger partial charge in [-0.1, -0.05) is 77.6 Å². The molecule has 4 heteroatoms. The zero-order valence-corrected chi connectivity index (χ0v) is 13.8. The normalized spacial score (nSPS) is 12.9. The average Bonchev–Trinajstić information content (AvgIpc) is 2.43. The van der Waals surface area contributed by atoms with Gasteiger partial charge in [-0.05, 0) is 18.9 Å². The zero-order valence-electron chi connectivity index (χ0n) is 13.0. The summed E-state index contributed by atoms with van der Waals surface area (Å²) >= 11 is -2.42. The Morgan fingerprint density at radius 3 is 1.75 bits per heavy atom. The second-order valence-corrected chi connectivity index (χ2v) is 5.95. The van der Waals surface area contributed by atoms with Crippen molar-refractivity contribution in [2.45, 2.75) is 90.4 Å². The number of unbranched alkanes of at least 4 members (excludes halogenated alkanes) is 12. The summed E-state index contributed by atoms with van der Waals surface area (Å²) in [6.45, 7) is 2.26. The summed E-state index contributed by atoms with van der Waals surface area (Å²) in [5.41, 5.74) is 0. The number of hydrogen-bond acceptors (Lipinski definition) is 3. The number of hydrogen-bond donors (Lipinski definition) is 0. The van der Waals surface area contributed by atoms with Crippen LogP contribution in [0.4, 0.5) is 0 Å². The molecule has 1 unspecified atom stereocenters. The van der Waals surface area contributed by atoms with Crippen LogP contribution in [0.15, 0.2) is 12.3 Å². The molecule has 0 amide bonds. The van der Waals surface area contributed by atoms with Crippen LogP contribution in [0.5, 0.6) is 0 Å². The van der Waals surface area contributed by atoms with E-state index >= 15 is 0 Å². The van der Waals surface area contributed by atoms with Crippen molar-refractivity contribution in [3.63, 3.8) is 0 Å². The maximum Gasteiger partial charge on any atom is 0.138 e. The third-order valence-electron chi connectivity index (χ3n) is 3.45. The summed E-state index contributed by atoms with van der Waals surface area (Å²) in [5, 5.41) is 0. The smallest absolute Gasteiger partial charge is 0.138 e. The van der Waals surface area contributed by atoms with Crippen LogP contribution in [0.3, 0.4) is 0 Å². The van der Waals surface area contributed by atoms with Crippen molar-refractivity contribution in [2.24, 2.45) is 0 Å². The molecule has 0 bridgehead atoms. The van der Waals surface area contributed by atoms with Crippen molar-refractivity contribution < 1.29 is 12.9 Å². The standard InChI is InChI=1S/C16H32O3S/c1-2-3-4-5-6-7-8-9-10-11-12-13-14-15-16-19-20(17)18/h15-16H,2-14H2,1H3,(H,17,18)/p-1.